The van der Waals surface area contributed by atoms with Gasteiger partial charge in [0.25, 0.3) is 0 Å². The van der Waals surface area contributed by atoms with Crippen LogP contribution in [-0.4, -0.2) is 55.4 Å². The first-order valence-electron chi connectivity index (χ1n) is 8.65. The predicted octanol–water partition coefficient (Wildman–Crippen LogP) is 0.978. The van der Waals surface area contributed by atoms with Crippen LogP contribution in [0.5, 0.6) is 0 Å². The number of likely N-dealkylation sites (N-methyl/N-ethyl adjacent to an activating group) is 1. The maximum absolute atomic E-state index is 12.6. The quantitative estimate of drug-likeness (QED) is 0.780. The molecule has 6 nitrogen and oxygen atoms in total. The van der Waals surface area contributed by atoms with Crippen LogP contribution in [0.2, 0.25) is 0 Å². The molecular weight excluding hydrogens is 304 g/mol. The number of rotatable bonds is 7. The van der Waals surface area contributed by atoms with Crippen LogP contribution in [0.1, 0.15) is 31.2 Å². The molecule has 1 aliphatic rings. The molecule has 0 spiro atoms. The molecule has 2 N–H and O–H groups in total. The van der Waals surface area contributed by atoms with Crippen LogP contribution < -0.4 is 10.6 Å². The zero-order valence-corrected chi connectivity index (χ0v) is 14.7. The molecule has 0 radical (unpaired) electrons. The first-order chi connectivity index (χ1) is 11.6. The molecule has 2 heterocycles. The Hall–Kier alpha value is -1.95. The van der Waals surface area contributed by atoms with Gasteiger partial charge in [0.05, 0.1) is 12.0 Å². The molecule has 1 fully saturated rings. The second kappa shape index (κ2) is 8.78. The van der Waals surface area contributed by atoms with E-state index in [4.69, 9.17) is 0 Å². The Morgan fingerprint density at radius 1 is 1.38 bits per heavy atom. The summed E-state index contributed by atoms with van der Waals surface area (Å²) in [4.78, 5) is 30.8. The van der Waals surface area contributed by atoms with Crippen molar-refractivity contribution in [3.8, 4) is 0 Å². The van der Waals surface area contributed by atoms with Crippen molar-refractivity contribution in [3.63, 3.8) is 0 Å². The van der Waals surface area contributed by atoms with Crippen LogP contribution in [-0.2, 0) is 16.0 Å². The minimum absolute atomic E-state index is 0.0515. The largest absolute Gasteiger partial charge is 0.359 e. The Balaban J connectivity index is 2.02. The Morgan fingerprint density at radius 2 is 2.21 bits per heavy atom. The van der Waals surface area contributed by atoms with Crippen LogP contribution in [0.3, 0.4) is 0 Å². The third kappa shape index (κ3) is 4.54. The molecule has 1 saturated heterocycles. The van der Waals surface area contributed by atoms with Crippen molar-refractivity contribution in [1.82, 2.24) is 20.5 Å². The van der Waals surface area contributed by atoms with E-state index in [0.717, 1.165) is 38.6 Å². The summed E-state index contributed by atoms with van der Waals surface area (Å²) in [6.07, 6.45) is 7.94. The summed E-state index contributed by atoms with van der Waals surface area (Å²) >= 11 is 0. The third-order valence-electron chi connectivity index (χ3n) is 4.81. The van der Waals surface area contributed by atoms with Crippen molar-refractivity contribution in [2.75, 3.05) is 33.7 Å². The molecule has 0 aliphatic carbocycles. The summed E-state index contributed by atoms with van der Waals surface area (Å²) in [5, 5.41) is 5.71. The normalized spacial score (nSPS) is 20.7. The van der Waals surface area contributed by atoms with Crippen molar-refractivity contribution >= 4 is 11.8 Å². The van der Waals surface area contributed by atoms with Gasteiger partial charge in [-0.05, 0) is 50.8 Å². The maximum atomic E-state index is 12.6. The Morgan fingerprint density at radius 3 is 2.88 bits per heavy atom. The summed E-state index contributed by atoms with van der Waals surface area (Å²) in [5.41, 5.74) is 0.710. The molecule has 0 aromatic carbocycles. The lowest BCUT2D eigenvalue weighted by Crippen LogP contribution is -2.54. The summed E-state index contributed by atoms with van der Waals surface area (Å²) in [7, 11) is 3.45. The molecule has 132 valence electrons. The van der Waals surface area contributed by atoms with Crippen LogP contribution >= 0.6 is 0 Å². The Labute approximate surface area is 144 Å². The average Bonchev–Trinajstić information content (AvgIpc) is 2.62. The highest BCUT2D eigenvalue weighted by Crippen LogP contribution is 2.35. The number of hydrogen-bond donors (Lipinski definition) is 2. The van der Waals surface area contributed by atoms with Gasteiger partial charge in [0.15, 0.2) is 0 Å². The van der Waals surface area contributed by atoms with Gasteiger partial charge in [-0.1, -0.05) is 6.07 Å². The number of hydrogen-bond acceptors (Lipinski definition) is 4. The molecule has 1 aliphatic heterocycles. The van der Waals surface area contributed by atoms with Gasteiger partial charge in [0.1, 0.15) is 0 Å². The molecular formula is C18H28N4O2. The van der Waals surface area contributed by atoms with E-state index in [1.54, 1.807) is 20.3 Å². The summed E-state index contributed by atoms with van der Waals surface area (Å²) in [6.45, 7) is 1.57. The van der Waals surface area contributed by atoms with Crippen LogP contribution in [0.25, 0.3) is 0 Å². The number of nitrogens with one attached hydrogen (secondary N) is 2. The van der Waals surface area contributed by atoms with E-state index < -0.39 is 5.41 Å². The number of amides is 2. The van der Waals surface area contributed by atoms with E-state index in [1.807, 2.05) is 17.2 Å². The van der Waals surface area contributed by atoms with Gasteiger partial charge in [0.2, 0.25) is 11.8 Å². The van der Waals surface area contributed by atoms with Crippen molar-refractivity contribution in [1.29, 1.82) is 0 Å². The maximum Gasteiger partial charge on any atom is 0.236 e. The van der Waals surface area contributed by atoms with Crippen molar-refractivity contribution < 1.29 is 9.59 Å². The first kappa shape index (κ1) is 18.4. The second-order valence-electron chi connectivity index (χ2n) is 6.52. The van der Waals surface area contributed by atoms with Gasteiger partial charge < -0.3 is 15.5 Å². The van der Waals surface area contributed by atoms with Gasteiger partial charge in [-0.15, -0.1) is 0 Å². The molecule has 1 aromatic rings. The van der Waals surface area contributed by atoms with E-state index in [0.29, 0.717) is 13.1 Å². The molecule has 24 heavy (non-hydrogen) atoms. The molecule has 0 bridgehead atoms. The number of aromatic nitrogens is 1. The highest BCUT2D eigenvalue weighted by atomic mass is 16.2. The number of pyridine rings is 1. The van der Waals surface area contributed by atoms with Gasteiger partial charge >= 0.3 is 0 Å². The van der Waals surface area contributed by atoms with E-state index in [-0.39, 0.29) is 11.8 Å². The van der Waals surface area contributed by atoms with Crippen LogP contribution in [0.4, 0.5) is 0 Å². The summed E-state index contributed by atoms with van der Waals surface area (Å²) in [6, 6.07) is 3.99. The second-order valence-corrected chi connectivity index (χ2v) is 6.52. The lowest BCUT2D eigenvalue weighted by molar-refractivity contribution is -0.141. The third-order valence-corrected chi connectivity index (χ3v) is 4.81. The molecule has 0 saturated carbocycles. The fourth-order valence-electron chi connectivity index (χ4n) is 3.55. The number of likely N-dealkylation sites (tertiary alicyclic amines) is 1. The lowest BCUT2D eigenvalue weighted by atomic mass is 9.74. The molecule has 2 amide bonds. The molecule has 6 heteroatoms. The lowest BCUT2D eigenvalue weighted by Gasteiger charge is -2.41. The average molecular weight is 332 g/mol. The zero-order chi connectivity index (χ0) is 17.4. The van der Waals surface area contributed by atoms with E-state index in [2.05, 4.69) is 21.7 Å². The number of carbonyl (C=O) groups is 2. The Kier molecular flexibility index (Phi) is 6.73. The van der Waals surface area contributed by atoms with Crippen molar-refractivity contribution in [2.45, 2.75) is 32.1 Å². The molecule has 1 aromatic heterocycles. The molecule has 1 atom stereocenters. The summed E-state index contributed by atoms with van der Waals surface area (Å²) in [5.74, 6) is 0.119. The topological polar surface area (TPSA) is 74.3 Å². The highest BCUT2D eigenvalue weighted by molar-refractivity contribution is 5.84. The van der Waals surface area contributed by atoms with Gasteiger partial charge in [0, 0.05) is 32.5 Å². The van der Waals surface area contributed by atoms with E-state index >= 15 is 0 Å². The fourth-order valence-corrected chi connectivity index (χ4v) is 3.55. The number of aryl methyl sites for hydroxylation is 1. The van der Waals surface area contributed by atoms with E-state index in [1.165, 1.54) is 5.56 Å². The van der Waals surface area contributed by atoms with Crippen molar-refractivity contribution in [2.24, 2.45) is 5.41 Å². The monoisotopic (exact) mass is 332 g/mol. The van der Waals surface area contributed by atoms with Gasteiger partial charge in [-0.25, -0.2) is 0 Å². The van der Waals surface area contributed by atoms with E-state index in [9.17, 15) is 9.59 Å². The predicted molar refractivity (Wildman–Crippen MR) is 93.4 cm³/mol. The number of carbonyl (C=O) groups excluding carboxylic acids is 2. The van der Waals surface area contributed by atoms with Gasteiger partial charge in [-0.3, -0.25) is 14.6 Å². The minimum atomic E-state index is -0.474. The number of nitrogens with zero attached hydrogens (tertiary/aromatic N) is 2. The van der Waals surface area contributed by atoms with Crippen LogP contribution in [0, 0.1) is 5.41 Å². The standard InChI is InChI=1S/C18H28N4O2/c1-19-13-16(23)22-11-5-9-18(14-22,17(24)20-2)8-3-6-15-7-4-10-21-12-15/h4,7,10,12,19H,3,5-6,8-9,11,13-14H2,1-2H3,(H,20,24)/t18-/m1/s1. The van der Waals surface area contributed by atoms with Crippen LogP contribution in [0.15, 0.2) is 24.5 Å². The highest BCUT2D eigenvalue weighted by Gasteiger charge is 2.42. The summed E-state index contributed by atoms with van der Waals surface area (Å²) < 4.78 is 0. The molecule has 2 rings (SSSR count). The number of piperidine rings is 1. The van der Waals surface area contributed by atoms with Crippen molar-refractivity contribution in [3.05, 3.63) is 30.1 Å². The SMILES string of the molecule is CNCC(=O)N1CCC[C@@](CCCc2cccnc2)(C(=O)NC)C1. The fraction of sp³-hybridized carbons (Fsp3) is 0.611. The minimum Gasteiger partial charge on any atom is -0.359 e. The van der Waals surface area contributed by atoms with Gasteiger partial charge in [-0.2, -0.15) is 0 Å². The molecule has 0 unspecified atom stereocenters. The first-order valence-corrected chi connectivity index (χ1v) is 8.65. The zero-order valence-electron chi connectivity index (χ0n) is 14.7. The Bertz CT molecular complexity index is 549. The smallest absolute Gasteiger partial charge is 0.236 e.